The maximum Gasteiger partial charge on any atom is 0.387 e. The minimum absolute atomic E-state index is 0.0522. The van der Waals surface area contributed by atoms with Crippen molar-refractivity contribution in [3.63, 3.8) is 0 Å². The highest BCUT2D eigenvalue weighted by Crippen LogP contribution is 2.41. The largest absolute Gasteiger partial charge is 0.434 e. The minimum atomic E-state index is -3.10. The topological polar surface area (TPSA) is 65.8 Å². The second kappa shape index (κ2) is 7.77. The van der Waals surface area contributed by atoms with Crippen molar-refractivity contribution in [2.24, 2.45) is 0 Å². The van der Waals surface area contributed by atoms with Crippen molar-refractivity contribution in [2.45, 2.75) is 26.4 Å². The number of rotatable bonds is 5. The van der Waals surface area contributed by atoms with Gasteiger partial charge in [0.15, 0.2) is 5.75 Å². The fraction of sp³-hybridized carbons (Fsp3) is 0.200. The van der Waals surface area contributed by atoms with Crippen LogP contribution in [0.3, 0.4) is 0 Å². The predicted molar refractivity (Wildman–Crippen MR) is 96.9 cm³/mol. The molecule has 0 aliphatic rings. The Balaban J connectivity index is 2.25. The van der Waals surface area contributed by atoms with E-state index in [1.54, 1.807) is 24.3 Å². The van der Waals surface area contributed by atoms with Gasteiger partial charge in [-0.05, 0) is 36.2 Å². The molecule has 3 rings (SSSR count). The summed E-state index contributed by atoms with van der Waals surface area (Å²) in [7, 11) is 0. The SMILES string of the molecule is CCc1nc2c(Cl)ccc([O])c2c(OC(F)F)c1Cc1ccc(C#N)cc1. The highest BCUT2D eigenvalue weighted by molar-refractivity contribution is 6.35. The first-order chi connectivity index (χ1) is 12.9. The average Bonchev–Trinajstić information content (AvgIpc) is 2.66. The molecule has 1 radical (unpaired) electrons. The van der Waals surface area contributed by atoms with Crippen molar-refractivity contribution in [3.05, 3.63) is 63.8 Å². The van der Waals surface area contributed by atoms with Gasteiger partial charge in [0.2, 0.25) is 0 Å². The number of aryl methyl sites for hydroxylation is 1. The minimum Gasteiger partial charge on any atom is -0.434 e. The van der Waals surface area contributed by atoms with Gasteiger partial charge in [-0.3, -0.25) is 10.1 Å². The Labute approximate surface area is 159 Å². The summed E-state index contributed by atoms with van der Waals surface area (Å²) in [4.78, 5) is 4.44. The Kier molecular flexibility index (Phi) is 5.43. The van der Waals surface area contributed by atoms with Gasteiger partial charge in [-0.2, -0.15) is 14.0 Å². The van der Waals surface area contributed by atoms with Crippen molar-refractivity contribution in [3.8, 4) is 17.6 Å². The van der Waals surface area contributed by atoms with E-state index in [1.807, 2.05) is 13.0 Å². The molecule has 0 fully saturated rings. The Bertz CT molecular complexity index is 1030. The van der Waals surface area contributed by atoms with Crippen molar-refractivity contribution in [1.29, 1.82) is 5.26 Å². The summed E-state index contributed by atoms with van der Waals surface area (Å²) in [6.45, 7) is -1.27. The summed E-state index contributed by atoms with van der Waals surface area (Å²) in [5.74, 6) is -0.676. The first-order valence-corrected chi connectivity index (χ1v) is 8.57. The van der Waals surface area contributed by atoms with Gasteiger partial charge in [-0.15, -0.1) is 0 Å². The Hall–Kier alpha value is -2.91. The van der Waals surface area contributed by atoms with Crippen molar-refractivity contribution in [2.75, 3.05) is 0 Å². The van der Waals surface area contributed by atoms with Gasteiger partial charge in [0.05, 0.1) is 27.6 Å². The van der Waals surface area contributed by atoms with Gasteiger partial charge in [0.25, 0.3) is 0 Å². The highest BCUT2D eigenvalue weighted by Gasteiger charge is 2.23. The molecule has 0 atom stereocenters. The number of halogens is 3. The lowest BCUT2D eigenvalue weighted by molar-refractivity contribution is -0.0494. The van der Waals surface area contributed by atoms with Crippen LogP contribution >= 0.6 is 11.6 Å². The lowest BCUT2D eigenvalue weighted by Gasteiger charge is -2.17. The Morgan fingerprint density at radius 3 is 2.52 bits per heavy atom. The molecule has 2 aromatic carbocycles. The summed E-state index contributed by atoms with van der Waals surface area (Å²) in [6.07, 6.45) is 0.673. The number of nitriles is 1. The number of hydrogen-bond donors (Lipinski definition) is 0. The van der Waals surface area contributed by atoms with Crippen LogP contribution in [0.25, 0.3) is 10.9 Å². The van der Waals surface area contributed by atoms with Crippen LogP contribution in [0, 0.1) is 11.3 Å². The average molecular weight is 388 g/mol. The van der Waals surface area contributed by atoms with Crippen LogP contribution in [0.2, 0.25) is 5.02 Å². The fourth-order valence-electron chi connectivity index (χ4n) is 2.96. The number of nitrogens with zero attached hydrogens (tertiary/aromatic N) is 2. The molecular formula is C20H14ClF2N2O2. The van der Waals surface area contributed by atoms with E-state index >= 15 is 0 Å². The number of alkyl halides is 2. The van der Waals surface area contributed by atoms with Gasteiger partial charge in [-0.1, -0.05) is 30.7 Å². The quantitative estimate of drug-likeness (QED) is 0.567. The number of hydrogen-bond acceptors (Lipinski definition) is 3. The molecule has 3 aromatic rings. The van der Waals surface area contributed by atoms with Crippen LogP contribution in [-0.4, -0.2) is 11.6 Å². The van der Waals surface area contributed by atoms with Gasteiger partial charge in [0, 0.05) is 17.7 Å². The fourth-order valence-corrected chi connectivity index (χ4v) is 3.16. The van der Waals surface area contributed by atoms with Crippen LogP contribution < -0.4 is 4.74 Å². The Morgan fingerprint density at radius 1 is 1.22 bits per heavy atom. The zero-order valence-corrected chi connectivity index (χ0v) is 15.1. The van der Waals surface area contributed by atoms with Gasteiger partial charge in [0.1, 0.15) is 5.75 Å². The molecule has 27 heavy (non-hydrogen) atoms. The zero-order chi connectivity index (χ0) is 19.6. The molecule has 0 N–H and O–H groups in total. The first-order valence-electron chi connectivity index (χ1n) is 8.19. The smallest absolute Gasteiger partial charge is 0.387 e. The van der Waals surface area contributed by atoms with Crippen LogP contribution in [0.5, 0.6) is 11.5 Å². The molecule has 0 bridgehead atoms. The van der Waals surface area contributed by atoms with E-state index < -0.39 is 12.4 Å². The summed E-state index contributed by atoms with van der Waals surface area (Å²) < 4.78 is 31.0. The van der Waals surface area contributed by atoms with Gasteiger partial charge >= 0.3 is 6.61 Å². The predicted octanol–water partition coefficient (Wildman–Crippen LogP) is 5.66. The molecule has 0 amide bonds. The van der Waals surface area contributed by atoms with E-state index in [4.69, 9.17) is 21.6 Å². The molecule has 0 saturated carbocycles. The number of aromatic nitrogens is 1. The lowest BCUT2D eigenvalue weighted by atomic mass is 9.97. The molecular weight excluding hydrogens is 374 g/mol. The molecule has 1 heterocycles. The van der Waals surface area contributed by atoms with Crippen LogP contribution in [0.15, 0.2) is 36.4 Å². The molecule has 0 saturated heterocycles. The van der Waals surface area contributed by atoms with E-state index in [-0.39, 0.29) is 28.1 Å². The molecule has 0 spiro atoms. The number of ether oxygens (including phenoxy) is 1. The molecule has 1 aromatic heterocycles. The molecule has 0 aliphatic carbocycles. The van der Waals surface area contributed by atoms with Crippen LogP contribution in [0.4, 0.5) is 8.78 Å². The van der Waals surface area contributed by atoms with Crippen LogP contribution in [-0.2, 0) is 17.9 Å². The van der Waals surface area contributed by atoms with Crippen molar-refractivity contribution >= 4 is 22.5 Å². The van der Waals surface area contributed by atoms with E-state index in [2.05, 4.69) is 4.98 Å². The summed E-state index contributed by atoms with van der Waals surface area (Å²) >= 11 is 6.14. The summed E-state index contributed by atoms with van der Waals surface area (Å²) in [5.41, 5.74) is 2.35. The second-order valence-corrected chi connectivity index (χ2v) is 6.26. The summed E-state index contributed by atoms with van der Waals surface area (Å²) in [6, 6.07) is 11.4. The second-order valence-electron chi connectivity index (χ2n) is 5.85. The molecule has 0 aliphatic heterocycles. The van der Waals surface area contributed by atoms with E-state index in [1.165, 1.54) is 12.1 Å². The van der Waals surface area contributed by atoms with Crippen molar-refractivity contribution < 1.29 is 18.6 Å². The zero-order valence-electron chi connectivity index (χ0n) is 14.3. The molecule has 0 unspecified atom stereocenters. The van der Waals surface area contributed by atoms with Gasteiger partial charge in [-0.25, -0.2) is 0 Å². The summed E-state index contributed by atoms with van der Waals surface area (Å²) in [5, 5.41) is 21.4. The standard InChI is InChI=1S/C20H14ClF2N2O2/c1-2-15-13(9-11-3-5-12(10-24)6-4-11)19(27-20(22)23)17-16(26)8-7-14(21)18(17)25-15/h3-8,20H,2,9H2,1H3. The maximum atomic E-state index is 13.1. The molecule has 4 nitrogen and oxygen atoms in total. The van der Waals surface area contributed by atoms with E-state index in [0.29, 0.717) is 23.2 Å². The normalized spacial score (nSPS) is 11.0. The monoisotopic (exact) mass is 387 g/mol. The third kappa shape index (κ3) is 3.79. The maximum absolute atomic E-state index is 13.1. The number of benzene rings is 2. The first kappa shape index (κ1) is 18.9. The molecule has 137 valence electrons. The Morgan fingerprint density at radius 2 is 1.93 bits per heavy atom. The molecule has 7 heteroatoms. The number of pyridine rings is 1. The van der Waals surface area contributed by atoms with Gasteiger partial charge < -0.3 is 4.74 Å². The van der Waals surface area contributed by atoms with Crippen LogP contribution in [0.1, 0.15) is 29.3 Å². The van der Waals surface area contributed by atoms with E-state index in [0.717, 1.165) is 5.56 Å². The third-order valence-corrected chi connectivity index (χ3v) is 4.50. The lowest BCUT2D eigenvalue weighted by Crippen LogP contribution is -2.09. The van der Waals surface area contributed by atoms with E-state index in [9.17, 15) is 13.9 Å². The third-order valence-electron chi connectivity index (χ3n) is 4.19. The van der Waals surface area contributed by atoms with Crippen molar-refractivity contribution in [1.82, 2.24) is 4.98 Å². The number of fused-ring (bicyclic) bond motifs is 1. The highest BCUT2D eigenvalue weighted by atomic mass is 35.5.